The van der Waals surface area contributed by atoms with Crippen molar-refractivity contribution in [1.29, 1.82) is 0 Å². The molecule has 5 rings (SSSR count). The first kappa shape index (κ1) is 17.7. The van der Waals surface area contributed by atoms with Crippen molar-refractivity contribution in [3.63, 3.8) is 0 Å². The van der Waals surface area contributed by atoms with Crippen molar-refractivity contribution < 1.29 is 9.21 Å². The van der Waals surface area contributed by atoms with Crippen LogP contribution in [0.2, 0.25) is 0 Å². The molecule has 0 radical (unpaired) electrons. The standard InChI is InChI=1S/C22H28N4O2/c1-15(20(27)26-12-10-22(8-9-22)11-13-26)23-21-25-24-19(28-21)18-7-6-16-4-2-3-5-17(16)14-18/h2-5,15,18H,6-14H2,1H3,(H,23,25)/t15-,18+/m1/s1. The molecule has 1 aliphatic heterocycles. The number of amides is 1. The highest BCUT2D eigenvalue weighted by molar-refractivity contribution is 5.83. The lowest BCUT2D eigenvalue weighted by Gasteiger charge is -2.33. The maximum Gasteiger partial charge on any atom is 0.316 e. The number of aryl methyl sites for hydroxylation is 1. The Hall–Kier alpha value is -2.37. The van der Waals surface area contributed by atoms with Gasteiger partial charge in [-0.15, -0.1) is 5.10 Å². The molecule has 1 saturated carbocycles. The maximum atomic E-state index is 12.8. The second-order valence-electron chi connectivity index (χ2n) is 8.85. The van der Waals surface area contributed by atoms with E-state index in [-0.39, 0.29) is 17.9 Å². The molecule has 2 fully saturated rings. The number of nitrogens with one attached hydrogen (secondary N) is 1. The van der Waals surface area contributed by atoms with E-state index in [1.165, 1.54) is 24.0 Å². The van der Waals surface area contributed by atoms with Crippen LogP contribution in [0, 0.1) is 5.41 Å². The van der Waals surface area contributed by atoms with Gasteiger partial charge >= 0.3 is 6.01 Å². The van der Waals surface area contributed by atoms with Crippen LogP contribution in [0.3, 0.4) is 0 Å². The van der Waals surface area contributed by atoms with Crippen LogP contribution in [-0.4, -0.2) is 40.1 Å². The quantitative estimate of drug-likeness (QED) is 0.878. The summed E-state index contributed by atoms with van der Waals surface area (Å²) in [5, 5.41) is 11.5. The molecule has 1 spiro atoms. The van der Waals surface area contributed by atoms with Gasteiger partial charge in [0.05, 0.1) is 0 Å². The number of carbonyl (C=O) groups excluding carboxylic acids is 1. The number of fused-ring (bicyclic) bond motifs is 1. The summed E-state index contributed by atoms with van der Waals surface area (Å²) < 4.78 is 5.89. The van der Waals surface area contributed by atoms with Crippen LogP contribution in [0.4, 0.5) is 6.01 Å². The summed E-state index contributed by atoms with van der Waals surface area (Å²) in [5.74, 6) is 1.05. The van der Waals surface area contributed by atoms with Gasteiger partial charge in [-0.2, -0.15) is 0 Å². The normalized spacial score (nSPS) is 23.9. The molecule has 0 unspecified atom stereocenters. The number of hydrogen-bond donors (Lipinski definition) is 1. The van der Waals surface area contributed by atoms with Crippen LogP contribution in [0.15, 0.2) is 28.7 Å². The summed E-state index contributed by atoms with van der Waals surface area (Å²) in [7, 11) is 0. The number of piperidine rings is 1. The topological polar surface area (TPSA) is 71.3 Å². The van der Waals surface area contributed by atoms with E-state index in [1.807, 2.05) is 11.8 Å². The van der Waals surface area contributed by atoms with Crippen molar-refractivity contribution in [3.8, 4) is 0 Å². The van der Waals surface area contributed by atoms with Crippen LogP contribution in [-0.2, 0) is 17.6 Å². The van der Waals surface area contributed by atoms with Crippen molar-refractivity contribution in [3.05, 3.63) is 41.3 Å². The van der Waals surface area contributed by atoms with Crippen molar-refractivity contribution in [2.45, 2.75) is 63.8 Å². The predicted octanol–water partition coefficient (Wildman–Crippen LogP) is 3.55. The minimum absolute atomic E-state index is 0.127. The first-order valence-corrected chi connectivity index (χ1v) is 10.6. The Morgan fingerprint density at radius 1 is 1.18 bits per heavy atom. The average Bonchev–Trinajstić information content (AvgIpc) is 3.31. The Morgan fingerprint density at radius 2 is 1.93 bits per heavy atom. The SMILES string of the molecule is C[C@@H](Nc1nnc([C@H]2CCc3ccccc3C2)o1)C(=O)N1CCC2(CC1)CC2. The second-order valence-corrected chi connectivity index (χ2v) is 8.85. The minimum Gasteiger partial charge on any atom is -0.408 e. The molecule has 148 valence electrons. The Balaban J connectivity index is 1.19. The van der Waals surface area contributed by atoms with Crippen molar-refractivity contribution in [1.82, 2.24) is 15.1 Å². The molecule has 1 aromatic carbocycles. The molecule has 3 aliphatic rings. The van der Waals surface area contributed by atoms with Gasteiger partial charge in [0.2, 0.25) is 11.8 Å². The van der Waals surface area contributed by atoms with Crippen molar-refractivity contribution in [2.75, 3.05) is 18.4 Å². The number of carbonyl (C=O) groups is 1. The molecule has 6 heteroatoms. The Labute approximate surface area is 165 Å². The smallest absolute Gasteiger partial charge is 0.316 e. The monoisotopic (exact) mass is 380 g/mol. The molecular weight excluding hydrogens is 352 g/mol. The molecular formula is C22H28N4O2. The fourth-order valence-electron chi connectivity index (χ4n) is 4.77. The van der Waals surface area contributed by atoms with Crippen molar-refractivity contribution >= 4 is 11.9 Å². The van der Waals surface area contributed by atoms with Crippen LogP contribution in [0.1, 0.15) is 62.0 Å². The van der Waals surface area contributed by atoms with Crippen LogP contribution in [0.5, 0.6) is 0 Å². The van der Waals surface area contributed by atoms with E-state index in [0.29, 0.717) is 17.3 Å². The maximum absolute atomic E-state index is 12.8. The van der Waals surface area contributed by atoms with Gasteiger partial charge in [0.25, 0.3) is 0 Å². The highest BCUT2D eigenvalue weighted by Gasteiger charge is 2.45. The first-order chi connectivity index (χ1) is 13.6. The third kappa shape index (κ3) is 3.40. The number of likely N-dealkylation sites (tertiary alicyclic amines) is 1. The van der Waals surface area contributed by atoms with E-state index in [4.69, 9.17) is 4.42 Å². The van der Waals surface area contributed by atoms with E-state index in [9.17, 15) is 4.79 Å². The van der Waals surface area contributed by atoms with Gasteiger partial charge in [0.15, 0.2) is 0 Å². The molecule has 2 atom stereocenters. The zero-order valence-electron chi connectivity index (χ0n) is 16.5. The Bertz CT molecular complexity index is 863. The van der Waals surface area contributed by atoms with E-state index in [1.54, 1.807) is 0 Å². The fourth-order valence-corrected chi connectivity index (χ4v) is 4.77. The second kappa shape index (κ2) is 6.90. The molecule has 28 heavy (non-hydrogen) atoms. The molecule has 0 bridgehead atoms. The average molecular weight is 380 g/mol. The van der Waals surface area contributed by atoms with Gasteiger partial charge in [0, 0.05) is 19.0 Å². The van der Waals surface area contributed by atoms with Crippen LogP contribution < -0.4 is 5.32 Å². The van der Waals surface area contributed by atoms with Gasteiger partial charge in [0.1, 0.15) is 6.04 Å². The summed E-state index contributed by atoms with van der Waals surface area (Å²) in [6, 6.07) is 8.56. The zero-order chi connectivity index (χ0) is 19.1. The van der Waals surface area contributed by atoms with Crippen LogP contribution in [0.25, 0.3) is 0 Å². The number of rotatable bonds is 4. The Kier molecular flexibility index (Phi) is 4.37. The molecule has 2 aromatic rings. The fraction of sp³-hybridized carbons (Fsp3) is 0.591. The highest BCUT2D eigenvalue weighted by atomic mass is 16.4. The molecule has 1 saturated heterocycles. The lowest BCUT2D eigenvalue weighted by atomic mass is 9.84. The molecule has 6 nitrogen and oxygen atoms in total. The number of nitrogens with zero attached hydrogens (tertiary/aromatic N) is 3. The largest absolute Gasteiger partial charge is 0.408 e. The number of hydrogen-bond acceptors (Lipinski definition) is 5. The molecule has 1 N–H and O–H groups in total. The van der Waals surface area contributed by atoms with E-state index >= 15 is 0 Å². The summed E-state index contributed by atoms with van der Waals surface area (Å²) in [4.78, 5) is 14.7. The number of anilines is 1. The van der Waals surface area contributed by atoms with E-state index in [0.717, 1.165) is 45.2 Å². The molecule has 1 amide bonds. The summed E-state index contributed by atoms with van der Waals surface area (Å²) in [6.45, 7) is 3.63. The van der Waals surface area contributed by atoms with Crippen molar-refractivity contribution in [2.24, 2.45) is 5.41 Å². The molecule has 2 heterocycles. The van der Waals surface area contributed by atoms with Gasteiger partial charge in [-0.25, -0.2) is 0 Å². The van der Waals surface area contributed by atoms with Gasteiger partial charge in [-0.3, -0.25) is 4.79 Å². The van der Waals surface area contributed by atoms with E-state index < -0.39 is 0 Å². The number of benzene rings is 1. The van der Waals surface area contributed by atoms with Gasteiger partial charge in [-0.05, 0) is 68.4 Å². The Morgan fingerprint density at radius 3 is 2.68 bits per heavy atom. The predicted molar refractivity (Wildman–Crippen MR) is 106 cm³/mol. The summed E-state index contributed by atoms with van der Waals surface area (Å²) in [6.07, 6.45) is 7.99. The third-order valence-corrected chi connectivity index (χ3v) is 6.94. The first-order valence-electron chi connectivity index (χ1n) is 10.6. The lowest BCUT2D eigenvalue weighted by Crippen LogP contribution is -2.45. The highest BCUT2D eigenvalue weighted by Crippen LogP contribution is 2.53. The minimum atomic E-state index is -0.353. The van der Waals surface area contributed by atoms with E-state index in [2.05, 4.69) is 39.8 Å². The lowest BCUT2D eigenvalue weighted by molar-refractivity contribution is -0.133. The number of aromatic nitrogens is 2. The summed E-state index contributed by atoms with van der Waals surface area (Å²) >= 11 is 0. The molecule has 1 aromatic heterocycles. The van der Waals surface area contributed by atoms with Crippen LogP contribution >= 0.6 is 0 Å². The van der Waals surface area contributed by atoms with Gasteiger partial charge in [-0.1, -0.05) is 29.4 Å². The third-order valence-electron chi connectivity index (χ3n) is 6.94. The zero-order valence-corrected chi connectivity index (χ0v) is 16.5. The molecule has 2 aliphatic carbocycles. The van der Waals surface area contributed by atoms with Gasteiger partial charge < -0.3 is 14.6 Å². The summed E-state index contributed by atoms with van der Waals surface area (Å²) in [5.41, 5.74) is 3.37.